The van der Waals surface area contributed by atoms with Crippen LogP contribution in [0.25, 0.3) is 0 Å². The first-order chi connectivity index (χ1) is 18.9. The predicted molar refractivity (Wildman–Crippen MR) is 158 cm³/mol. The van der Waals surface area contributed by atoms with Gasteiger partial charge in [0.05, 0.1) is 17.2 Å². The Morgan fingerprint density at radius 1 is 0.900 bits per heavy atom. The summed E-state index contributed by atoms with van der Waals surface area (Å²) in [5.74, 6) is -0.481. The number of hydrogen-bond donors (Lipinski definition) is 1. The molecule has 8 nitrogen and oxygen atoms in total. The lowest BCUT2D eigenvalue weighted by atomic mass is 10.1. The molecule has 0 aromatic heterocycles. The Kier molecular flexibility index (Phi) is 10.3. The highest BCUT2D eigenvalue weighted by Gasteiger charge is 2.34. The number of carbonyl (C=O) groups is 2. The molecule has 0 bridgehead atoms. The van der Waals surface area contributed by atoms with E-state index < -0.39 is 34.1 Å². The summed E-state index contributed by atoms with van der Waals surface area (Å²) in [6.45, 7) is 9.10. The Labute approximate surface area is 238 Å². The lowest BCUT2D eigenvalue weighted by Crippen LogP contribution is -2.55. The van der Waals surface area contributed by atoms with E-state index in [-0.39, 0.29) is 23.0 Å². The van der Waals surface area contributed by atoms with Crippen LogP contribution in [-0.4, -0.2) is 56.4 Å². The fourth-order valence-electron chi connectivity index (χ4n) is 4.22. The Bertz CT molecular complexity index is 1370. The average Bonchev–Trinajstić information content (AvgIpc) is 2.92. The number of nitrogens with one attached hydrogen (secondary N) is 1. The highest BCUT2D eigenvalue weighted by atomic mass is 32.2. The van der Waals surface area contributed by atoms with E-state index in [0.717, 1.165) is 9.87 Å². The maximum Gasteiger partial charge on any atom is 0.264 e. The van der Waals surface area contributed by atoms with Crippen LogP contribution in [0.5, 0.6) is 5.75 Å². The molecular weight excluding hydrogens is 526 g/mol. The van der Waals surface area contributed by atoms with Gasteiger partial charge in [0, 0.05) is 12.1 Å². The molecule has 1 N–H and O–H groups in total. The third-order valence-electron chi connectivity index (χ3n) is 6.19. The van der Waals surface area contributed by atoms with Gasteiger partial charge < -0.3 is 15.0 Å². The highest BCUT2D eigenvalue weighted by molar-refractivity contribution is 7.92. The zero-order valence-electron chi connectivity index (χ0n) is 23.8. The first-order valence-corrected chi connectivity index (χ1v) is 14.8. The summed E-state index contributed by atoms with van der Waals surface area (Å²) in [6, 6.07) is 23.5. The SMILES string of the molecule is CCOc1ccccc1N(CC(=O)N(CCc1ccccc1)[C@@H](C)C(=O)NC(C)(C)C)S(=O)(=O)c1ccccc1. The maximum absolute atomic E-state index is 14.0. The van der Waals surface area contributed by atoms with Crippen molar-refractivity contribution in [1.29, 1.82) is 0 Å². The highest BCUT2D eigenvalue weighted by Crippen LogP contribution is 2.32. The van der Waals surface area contributed by atoms with Gasteiger partial charge >= 0.3 is 0 Å². The van der Waals surface area contributed by atoms with E-state index in [1.165, 1.54) is 17.0 Å². The molecule has 40 heavy (non-hydrogen) atoms. The van der Waals surface area contributed by atoms with Crippen LogP contribution in [0.1, 0.15) is 40.2 Å². The van der Waals surface area contributed by atoms with Gasteiger partial charge in [-0.2, -0.15) is 0 Å². The van der Waals surface area contributed by atoms with Gasteiger partial charge in [-0.25, -0.2) is 8.42 Å². The third kappa shape index (κ3) is 8.08. The van der Waals surface area contributed by atoms with Crippen LogP contribution >= 0.6 is 0 Å². The van der Waals surface area contributed by atoms with Gasteiger partial charge in [-0.05, 0) is 70.9 Å². The molecule has 0 fully saturated rings. The predicted octanol–water partition coefficient (Wildman–Crippen LogP) is 4.66. The van der Waals surface area contributed by atoms with Crippen LogP contribution in [0, 0.1) is 0 Å². The second-order valence-corrected chi connectivity index (χ2v) is 12.3. The lowest BCUT2D eigenvalue weighted by Gasteiger charge is -2.33. The second kappa shape index (κ2) is 13.5. The standard InChI is InChI=1S/C31H39N3O5S/c1-6-39-28-20-14-13-19-27(28)34(40(37,38)26-17-11-8-12-18-26)23-29(35)33(22-21-25-15-9-7-10-16-25)24(2)30(36)32-31(3,4)5/h7-20,24H,6,21-23H2,1-5H3,(H,32,36)/t24-/m0/s1. The Hall–Kier alpha value is -3.85. The molecule has 3 rings (SSSR count). The normalized spacial score (nSPS) is 12.3. The molecule has 0 aliphatic heterocycles. The molecule has 1 atom stereocenters. The van der Waals surface area contributed by atoms with Crippen molar-refractivity contribution in [3.63, 3.8) is 0 Å². The first kappa shape index (κ1) is 30.7. The van der Waals surface area contributed by atoms with Crippen molar-refractivity contribution in [1.82, 2.24) is 10.2 Å². The molecule has 9 heteroatoms. The van der Waals surface area contributed by atoms with E-state index in [1.54, 1.807) is 56.3 Å². The number of nitrogens with zero attached hydrogens (tertiary/aromatic N) is 2. The number of ether oxygens (including phenoxy) is 1. The van der Waals surface area contributed by atoms with Crippen molar-refractivity contribution in [3.8, 4) is 5.75 Å². The lowest BCUT2D eigenvalue weighted by molar-refractivity contribution is -0.139. The molecule has 0 unspecified atom stereocenters. The van der Waals surface area contributed by atoms with Crippen LogP contribution in [0.15, 0.2) is 89.8 Å². The number of amides is 2. The Morgan fingerprint density at radius 3 is 2.08 bits per heavy atom. The summed E-state index contributed by atoms with van der Waals surface area (Å²) in [5, 5.41) is 2.93. The van der Waals surface area contributed by atoms with Crippen molar-refractivity contribution < 1.29 is 22.7 Å². The van der Waals surface area contributed by atoms with Crippen molar-refractivity contribution >= 4 is 27.5 Å². The fraction of sp³-hybridized carbons (Fsp3) is 0.355. The van der Waals surface area contributed by atoms with Gasteiger partial charge in [-0.3, -0.25) is 13.9 Å². The molecule has 0 aliphatic rings. The minimum atomic E-state index is -4.16. The van der Waals surface area contributed by atoms with Gasteiger partial charge in [0.25, 0.3) is 10.0 Å². The van der Waals surface area contributed by atoms with E-state index in [4.69, 9.17) is 4.74 Å². The smallest absolute Gasteiger partial charge is 0.264 e. The number of rotatable bonds is 12. The van der Waals surface area contributed by atoms with Crippen molar-refractivity contribution in [3.05, 3.63) is 90.5 Å². The molecule has 2 amide bonds. The van der Waals surface area contributed by atoms with Gasteiger partial charge in [0.15, 0.2) is 0 Å². The van der Waals surface area contributed by atoms with Gasteiger partial charge in [0.2, 0.25) is 11.8 Å². The molecule has 3 aromatic rings. The van der Waals surface area contributed by atoms with Crippen molar-refractivity contribution in [2.45, 2.75) is 57.5 Å². The molecule has 0 spiro atoms. The van der Waals surface area contributed by atoms with Gasteiger partial charge in [-0.15, -0.1) is 0 Å². The zero-order chi connectivity index (χ0) is 29.3. The van der Waals surface area contributed by atoms with Crippen LogP contribution in [0.3, 0.4) is 0 Å². The zero-order valence-corrected chi connectivity index (χ0v) is 24.6. The number of hydrogen-bond acceptors (Lipinski definition) is 5. The number of para-hydroxylation sites is 2. The van der Waals surface area contributed by atoms with Gasteiger partial charge in [-0.1, -0.05) is 60.7 Å². The first-order valence-electron chi connectivity index (χ1n) is 13.4. The second-order valence-electron chi connectivity index (χ2n) is 10.5. The number of benzene rings is 3. The number of sulfonamides is 1. The van der Waals surface area contributed by atoms with Crippen LogP contribution in [0.2, 0.25) is 0 Å². The van der Waals surface area contributed by atoms with Crippen LogP contribution in [0.4, 0.5) is 5.69 Å². The summed E-state index contributed by atoms with van der Waals surface area (Å²) in [5.41, 5.74) is 0.744. The summed E-state index contributed by atoms with van der Waals surface area (Å²) in [6.07, 6.45) is 0.501. The summed E-state index contributed by atoms with van der Waals surface area (Å²) >= 11 is 0. The van der Waals surface area contributed by atoms with E-state index in [9.17, 15) is 18.0 Å². The summed E-state index contributed by atoms with van der Waals surface area (Å²) < 4.78 is 34.7. The largest absolute Gasteiger partial charge is 0.492 e. The van der Waals surface area contributed by atoms with E-state index >= 15 is 0 Å². The van der Waals surface area contributed by atoms with Crippen LogP contribution in [-0.2, 0) is 26.0 Å². The summed E-state index contributed by atoms with van der Waals surface area (Å²) in [4.78, 5) is 28.7. The molecular formula is C31H39N3O5S. The third-order valence-corrected chi connectivity index (χ3v) is 7.97. The van der Waals surface area contributed by atoms with Crippen molar-refractivity contribution in [2.24, 2.45) is 0 Å². The van der Waals surface area contributed by atoms with E-state index in [0.29, 0.717) is 18.8 Å². The maximum atomic E-state index is 14.0. The quantitative estimate of drug-likeness (QED) is 0.345. The minimum Gasteiger partial charge on any atom is -0.492 e. The molecule has 0 saturated heterocycles. The number of carbonyl (C=O) groups excluding carboxylic acids is 2. The molecule has 3 aromatic carbocycles. The molecule has 214 valence electrons. The van der Waals surface area contributed by atoms with Gasteiger partial charge in [0.1, 0.15) is 18.3 Å². The average molecular weight is 566 g/mol. The monoisotopic (exact) mass is 565 g/mol. The molecule has 0 heterocycles. The van der Waals surface area contributed by atoms with Crippen molar-refractivity contribution in [2.75, 3.05) is 24.0 Å². The molecule has 0 saturated carbocycles. The minimum absolute atomic E-state index is 0.0449. The fourth-order valence-corrected chi connectivity index (χ4v) is 5.66. The molecule has 0 radical (unpaired) electrons. The topological polar surface area (TPSA) is 96.0 Å². The van der Waals surface area contributed by atoms with E-state index in [2.05, 4.69) is 5.32 Å². The van der Waals surface area contributed by atoms with Crippen LogP contribution < -0.4 is 14.4 Å². The Balaban J connectivity index is 2.02. The van der Waals surface area contributed by atoms with E-state index in [1.807, 2.05) is 51.1 Å². The number of anilines is 1. The summed E-state index contributed by atoms with van der Waals surface area (Å²) in [7, 11) is -4.16. The molecule has 0 aliphatic carbocycles. The Morgan fingerprint density at radius 2 is 1.48 bits per heavy atom.